The topological polar surface area (TPSA) is 71.3 Å². The zero-order valence-corrected chi connectivity index (χ0v) is 17.2. The van der Waals surface area contributed by atoms with Crippen molar-refractivity contribution in [3.05, 3.63) is 40.7 Å². The first kappa shape index (κ1) is 19.5. The van der Waals surface area contributed by atoms with Gasteiger partial charge in [0, 0.05) is 68.8 Å². The van der Waals surface area contributed by atoms with E-state index in [1.807, 2.05) is 30.7 Å². The molecule has 1 aliphatic heterocycles. The van der Waals surface area contributed by atoms with E-state index < -0.39 is 5.82 Å². The lowest BCUT2D eigenvalue weighted by atomic mass is 10.1. The molecule has 154 valence electrons. The van der Waals surface area contributed by atoms with E-state index in [0.717, 1.165) is 25.7 Å². The quantitative estimate of drug-likeness (QED) is 0.768. The van der Waals surface area contributed by atoms with Gasteiger partial charge in [-0.05, 0) is 12.5 Å². The number of carbonyl (C=O) groups excluding carboxylic acids is 1. The number of hydrogen-bond donors (Lipinski definition) is 0. The molecule has 4 atom stereocenters. The van der Waals surface area contributed by atoms with E-state index >= 15 is 0 Å². The molecule has 7 nitrogen and oxygen atoms in total. The Bertz CT molecular complexity index is 995. The Balaban J connectivity index is 1.56. The second-order valence-corrected chi connectivity index (χ2v) is 8.18. The fourth-order valence-electron chi connectivity index (χ4n) is 4.43. The molecule has 1 amide bonds. The first-order valence-electron chi connectivity index (χ1n) is 10.0. The van der Waals surface area contributed by atoms with Gasteiger partial charge in [-0.25, -0.2) is 9.37 Å². The summed E-state index contributed by atoms with van der Waals surface area (Å²) in [6.07, 6.45) is 3.44. The smallest absolute Gasteiger partial charge is 0.255 e. The third-order valence-corrected chi connectivity index (χ3v) is 6.42. The number of anilines is 1. The predicted octanol–water partition coefficient (Wildman–Crippen LogP) is 1.92. The number of rotatable bonds is 5. The number of hydrogen-bond acceptors (Lipinski definition) is 5. The highest BCUT2D eigenvalue weighted by molar-refractivity contribution is 5.79. The van der Waals surface area contributed by atoms with E-state index in [9.17, 15) is 14.0 Å². The Morgan fingerprint density at radius 1 is 1.38 bits per heavy atom. The second kappa shape index (κ2) is 7.24. The molecule has 1 saturated carbocycles. The van der Waals surface area contributed by atoms with E-state index in [4.69, 9.17) is 0 Å². The van der Waals surface area contributed by atoms with Gasteiger partial charge >= 0.3 is 0 Å². The second-order valence-electron chi connectivity index (χ2n) is 8.18. The van der Waals surface area contributed by atoms with Gasteiger partial charge in [-0.3, -0.25) is 19.1 Å². The highest BCUT2D eigenvalue weighted by Gasteiger charge is 2.59. The molecule has 1 unspecified atom stereocenters. The summed E-state index contributed by atoms with van der Waals surface area (Å²) in [5, 5.41) is 0. The number of halogens is 1. The Labute approximate surface area is 169 Å². The maximum Gasteiger partial charge on any atom is 0.255 e. The molecule has 0 N–H and O–H groups in total. The van der Waals surface area contributed by atoms with Crippen molar-refractivity contribution in [2.45, 2.75) is 26.3 Å². The molecule has 4 rings (SSSR count). The monoisotopic (exact) mass is 399 g/mol. The third kappa shape index (κ3) is 3.30. The van der Waals surface area contributed by atoms with Crippen LogP contribution in [0.25, 0.3) is 11.3 Å². The van der Waals surface area contributed by atoms with E-state index in [1.165, 1.54) is 22.9 Å². The highest BCUT2D eigenvalue weighted by Crippen LogP contribution is 2.49. The number of piperidine rings is 1. The van der Waals surface area contributed by atoms with Gasteiger partial charge in [-0.2, -0.15) is 0 Å². The third-order valence-electron chi connectivity index (χ3n) is 6.42. The number of nitrogens with zero attached hydrogens (tertiary/aromatic N) is 5. The van der Waals surface area contributed by atoms with Crippen LogP contribution in [0, 0.1) is 23.6 Å². The molecule has 0 spiro atoms. The molecule has 2 aliphatic rings. The summed E-state index contributed by atoms with van der Waals surface area (Å²) < 4.78 is 15.6. The van der Waals surface area contributed by atoms with Crippen molar-refractivity contribution in [3.63, 3.8) is 0 Å². The summed E-state index contributed by atoms with van der Waals surface area (Å²) in [6.45, 7) is 5.49. The molecule has 0 radical (unpaired) electrons. The summed E-state index contributed by atoms with van der Waals surface area (Å²) in [7, 11) is 3.59. The minimum atomic E-state index is -0.510. The van der Waals surface area contributed by atoms with Gasteiger partial charge in [0.05, 0.1) is 11.9 Å². The van der Waals surface area contributed by atoms with Gasteiger partial charge < -0.3 is 9.80 Å². The van der Waals surface area contributed by atoms with Gasteiger partial charge in [0.2, 0.25) is 11.9 Å². The van der Waals surface area contributed by atoms with Crippen molar-refractivity contribution in [1.82, 2.24) is 19.4 Å². The largest absolute Gasteiger partial charge is 0.342 e. The van der Waals surface area contributed by atoms with E-state index in [-0.39, 0.29) is 29.0 Å². The van der Waals surface area contributed by atoms with Crippen molar-refractivity contribution in [2.24, 2.45) is 24.8 Å². The predicted molar refractivity (Wildman–Crippen MR) is 108 cm³/mol. The molecule has 3 heterocycles. The molecule has 8 heteroatoms. The van der Waals surface area contributed by atoms with E-state index in [0.29, 0.717) is 23.5 Å². The SMILES string of the molecule is CCC(C)C(=O)N1C[C@@H]2[C@H](C1)[C@@H]2N(C)c1nc(-c2ccncc2F)cc(=O)n1C. The summed E-state index contributed by atoms with van der Waals surface area (Å²) >= 11 is 0. The fraction of sp³-hybridized carbons (Fsp3) is 0.524. The number of carbonyl (C=O) groups is 1. The molecule has 1 saturated heterocycles. The highest BCUT2D eigenvalue weighted by atomic mass is 19.1. The minimum Gasteiger partial charge on any atom is -0.342 e. The van der Waals surface area contributed by atoms with Gasteiger partial charge in [-0.15, -0.1) is 0 Å². The lowest BCUT2D eigenvalue weighted by Crippen LogP contribution is -2.40. The van der Waals surface area contributed by atoms with E-state index in [1.54, 1.807) is 7.05 Å². The summed E-state index contributed by atoms with van der Waals surface area (Å²) in [4.78, 5) is 37.2. The number of likely N-dealkylation sites (tertiary alicyclic amines) is 1. The zero-order chi connectivity index (χ0) is 20.9. The fourth-order valence-corrected chi connectivity index (χ4v) is 4.43. The van der Waals surface area contributed by atoms with Crippen molar-refractivity contribution in [1.29, 1.82) is 0 Å². The van der Waals surface area contributed by atoms with Crippen LogP contribution in [-0.2, 0) is 11.8 Å². The van der Waals surface area contributed by atoms with Crippen LogP contribution in [0.15, 0.2) is 29.3 Å². The van der Waals surface area contributed by atoms with Crippen LogP contribution in [0.4, 0.5) is 10.3 Å². The van der Waals surface area contributed by atoms with Crippen molar-refractivity contribution in [2.75, 3.05) is 25.0 Å². The van der Waals surface area contributed by atoms with Crippen molar-refractivity contribution in [3.8, 4) is 11.3 Å². The summed E-state index contributed by atoms with van der Waals surface area (Å²) in [5.74, 6) is 1.03. The van der Waals surface area contributed by atoms with Crippen LogP contribution in [0.1, 0.15) is 20.3 Å². The molecule has 1 aliphatic carbocycles. The average molecular weight is 399 g/mol. The van der Waals surface area contributed by atoms with Crippen LogP contribution in [0.5, 0.6) is 0 Å². The summed E-state index contributed by atoms with van der Waals surface area (Å²) in [6, 6.07) is 3.09. The van der Waals surface area contributed by atoms with Gasteiger partial charge in [0.1, 0.15) is 0 Å². The molecule has 29 heavy (non-hydrogen) atoms. The van der Waals surface area contributed by atoms with Crippen LogP contribution < -0.4 is 10.5 Å². The number of amides is 1. The number of fused-ring (bicyclic) bond motifs is 1. The van der Waals surface area contributed by atoms with Crippen LogP contribution in [-0.4, -0.2) is 51.5 Å². The first-order valence-corrected chi connectivity index (χ1v) is 10.0. The zero-order valence-electron chi connectivity index (χ0n) is 17.2. The Kier molecular flexibility index (Phi) is 4.88. The molecule has 0 aromatic carbocycles. The molecule has 2 fully saturated rings. The van der Waals surface area contributed by atoms with Crippen LogP contribution >= 0.6 is 0 Å². The Morgan fingerprint density at radius 2 is 2.07 bits per heavy atom. The molecule has 2 aromatic rings. The van der Waals surface area contributed by atoms with Crippen molar-refractivity contribution >= 4 is 11.9 Å². The molecule has 0 bridgehead atoms. The lowest BCUT2D eigenvalue weighted by molar-refractivity contribution is -0.134. The normalized spacial score (nSPS) is 23.6. The van der Waals surface area contributed by atoms with Crippen LogP contribution in [0.2, 0.25) is 0 Å². The maximum absolute atomic E-state index is 14.1. The standard InChI is InChI=1S/C21H26FN5O2/c1-5-12(2)20(29)27-10-14-15(11-27)19(14)26(4)21-24-17(8-18(28)25(21)3)13-6-7-23-9-16(13)22/h6-9,12,14-15,19H,5,10-11H2,1-4H3/t12?,14-,15+,19-. The minimum absolute atomic E-state index is 0.0538. The maximum atomic E-state index is 14.1. The summed E-state index contributed by atoms with van der Waals surface area (Å²) in [5.41, 5.74) is 0.315. The molecular weight excluding hydrogens is 373 g/mol. The van der Waals surface area contributed by atoms with Gasteiger partial charge in [0.15, 0.2) is 5.82 Å². The average Bonchev–Trinajstić information content (AvgIpc) is 3.21. The molecule has 2 aromatic heterocycles. The first-order chi connectivity index (χ1) is 13.8. The lowest BCUT2D eigenvalue weighted by Gasteiger charge is -2.27. The Morgan fingerprint density at radius 3 is 2.69 bits per heavy atom. The molecular formula is C21H26FN5O2. The van der Waals surface area contributed by atoms with Crippen LogP contribution in [0.3, 0.4) is 0 Å². The van der Waals surface area contributed by atoms with E-state index in [2.05, 4.69) is 9.97 Å². The van der Waals surface area contributed by atoms with Crippen molar-refractivity contribution < 1.29 is 9.18 Å². The van der Waals surface area contributed by atoms with Gasteiger partial charge in [-0.1, -0.05) is 13.8 Å². The number of pyridine rings is 1. The number of aromatic nitrogens is 3. The Hall–Kier alpha value is -2.77. The van der Waals surface area contributed by atoms with Gasteiger partial charge in [0.25, 0.3) is 5.56 Å².